The molecule has 2 aromatic rings. The fourth-order valence-corrected chi connectivity index (χ4v) is 3.67. The van der Waals surface area contributed by atoms with Gasteiger partial charge in [-0.25, -0.2) is 4.79 Å². The molecule has 1 aliphatic rings. The van der Waals surface area contributed by atoms with E-state index in [-0.39, 0.29) is 18.1 Å². The van der Waals surface area contributed by atoms with Crippen LogP contribution in [0.25, 0.3) is 0 Å². The van der Waals surface area contributed by atoms with Crippen LogP contribution in [0.3, 0.4) is 0 Å². The van der Waals surface area contributed by atoms with Gasteiger partial charge in [-0.3, -0.25) is 4.98 Å². The molecule has 0 aliphatic carbocycles. The molecule has 3 rings (SSSR count). The molecule has 2 heterocycles. The molecule has 1 N–H and O–H groups in total. The molecule has 1 aliphatic heterocycles. The molecule has 3 atom stereocenters. The zero-order chi connectivity index (χ0) is 18.5. The SMILES string of the molecule is COc1cccc([C@@H](C)NC(=O)N2CC[C@@H](c3ccncc3)C[C@H]2C)c1. The number of ether oxygens (including phenoxy) is 1. The van der Waals surface area contributed by atoms with Gasteiger partial charge in [-0.1, -0.05) is 12.1 Å². The molecule has 0 bridgehead atoms. The van der Waals surface area contributed by atoms with Gasteiger partial charge in [0.1, 0.15) is 5.75 Å². The Morgan fingerprint density at radius 2 is 2.08 bits per heavy atom. The number of carbonyl (C=O) groups excluding carboxylic acids is 1. The fraction of sp³-hybridized carbons (Fsp3) is 0.429. The number of likely N-dealkylation sites (tertiary alicyclic amines) is 1. The Bertz CT molecular complexity index is 735. The Balaban J connectivity index is 1.60. The second-order valence-corrected chi connectivity index (χ2v) is 6.99. The first-order chi connectivity index (χ1) is 12.6. The largest absolute Gasteiger partial charge is 0.497 e. The lowest BCUT2D eigenvalue weighted by Crippen LogP contribution is -2.49. The van der Waals surface area contributed by atoms with Gasteiger partial charge < -0.3 is 15.0 Å². The standard InChI is InChI=1S/C21H27N3O2/c1-15-13-19(17-7-10-22-11-8-17)9-12-24(15)21(25)23-16(2)18-5-4-6-20(14-18)26-3/h4-8,10-11,14-16,19H,9,12-13H2,1-3H3,(H,23,25)/t15-,16-,19-/m1/s1. The third-order valence-corrected chi connectivity index (χ3v) is 5.25. The molecule has 5 nitrogen and oxygen atoms in total. The van der Waals surface area contributed by atoms with Crippen LogP contribution in [0, 0.1) is 0 Å². The average Bonchev–Trinajstić information content (AvgIpc) is 2.68. The van der Waals surface area contributed by atoms with Crippen LogP contribution in [0.2, 0.25) is 0 Å². The normalized spacial score (nSPS) is 21.1. The average molecular weight is 353 g/mol. The van der Waals surface area contributed by atoms with E-state index in [9.17, 15) is 4.79 Å². The minimum atomic E-state index is -0.0669. The van der Waals surface area contributed by atoms with Gasteiger partial charge in [0.25, 0.3) is 0 Å². The molecule has 26 heavy (non-hydrogen) atoms. The number of rotatable bonds is 4. The van der Waals surface area contributed by atoms with Gasteiger partial charge >= 0.3 is 6.03 Å². The molecule has 2 amide bonds. The lowest BCUT2D eigenvalue weighted by molar-refractivity contribution is 0.148. The van der Waals surface area contributed by atoms with Gasteiger partial charge in [0.2, 0.25) is 0 Å². The van der Waals surface area contributed by atoms with E-state index in [4.69, 9.17) is 4.74 Å². The van der Waals surface area contributed by atoms with E-state index in [1.165, 1.54) is 5.56 Å². The lowest BCUT2D eigenvalue weighted by Gasteiger charge is -2.38. The summed E-state index contributed by atoms with van der Waals surface area (Å²) in [6.45, 7) is 4.90. The highest BCUT2D eigenvalue weighted by molar-refractivity contribution is 5.75. The molecule has 0 radical (unpaired) electrons. The monoisotopic (exact) mass is 353 g/mol. The zero-order valence-corrected chi connectivity index (χ0v) is 15.7. The number of aromatic nitrogens is 1. The molecule has 0 spiro atoms. The Morgan fingerprint density at radius 1 is 1.31 bits per heavy atom. The highest BCUT2D eigenvalue weighted by atomic mass is 16.5. The number of nitrogens with one attached hydrogen (secondary N) is 1. The first-order valence-electron chi connectivity index (χ1n) is 9.19. The van der Waals surface area contributed by atoms with Crippen LogP contribution in [0.4, 0.5) is 4.79 Å². The van der Waals surface area contributed by atoms with E-state index in [0.29, 0.717) is 5.92 Å². The summed E-state index contributed by atoms with van der Waals surface area (Å²) in [6.07, 6.45) is 5.64. The van der Waals surface area contributed by atoms with Crippen LogP contribution in [0.5, 0.6) is 5.75 Å². The number of hydrogen-bond acceptors (Lipinski definition) is 3. The first kappa shape index (κ1) is 18.2. The van der Waals surface area contributed by atoms with E-state index in [1.54, 1.807) is 7.11 Å². The number of pyridine rings is 1. The van der Waals surface area contributed by atoms with E-state index >= 15 is 0 Å². The summed E-state index contributed by atoms with van der Waals surface area (Å²) < 4.78 is 5.27. The van der Waals surface area contributed by atoms with Crippen LogP contribution < -0.4 is 10.1 Å². The maximum atomic E-state index is 12.8. The van der Waals surface area contributed by atoms with Crippen molar-refractivity contribution in [1.82, 2.24) is 15.2 Å². The Labute approximate surface area is 155 Å². The first-order valence-corrected chi connectivity index (χ1v) is 9.19. The van der Waals surface area contributed by atoms with E-state index < -0.39 is 0 Å². The van der Waals surface area contributed by atoms with Crippen LogP contribution in [0.15, 0.2) is 48.8 Å². The van der Waals surface area contributed by atoms with E-state index in [0.717, 1.165) is 30.7 Å². The zero-order valence-electron chi connectivity index (χ0n) is 15.7. The predicted octanol–water partition coefficient (Wildman–Crippen LogP) is 4.13. The number of methoxy groups -OCH3 is 1. The molecule has 1 saturated heterocycles. The number of piperidine rings is 1. The highest BCUT2D eigenvalue weighted by Crippen LogP contribution is 2.31. The highest BCUT2D eigenvalue weighted by Gasteiger charge is 2.30. The van der Waals surface area contributed by atoms with Crippen molar-refractivity contribution in [2.24, 2.45) is 0 Å². The number of carbonyl (C=O) groups is 1. The molecule has 1 aromatic heterocycles. The number of hydrogen-bond donors (Lipinski definition) is 1. The van der Waals surface area contributed by atoms with Crippen molar-refractivity contribution < 1.29 is 9.53 Å². The summed E-state index contributed by atoms with van der Waals surface area (Å²) in [7, 11) is 1.65. The van der Waals surface area contributed by atoms with Crippen molar-refractivity contribution >= 4 is 6.03 Å². The molecular weight excluding hydrogens is 326 g/mol. The number of benzene rings is 1. The molecule has 138 valence electrons. The topological polar surface area (TPSA) is 54.5 Å². The predicted molar refractivity (Wildman–Crippen MR) is 102 cm³/mol. The van der Waals surface area contributed by atoms with Crippen molar-refractivity contribution in [2.45, 2.75) is 44.7 Å². The molecule has 0 unspecified atom stereocenters. The van der Waals surface area contributed by atoms with Gasteiger partial charge in [-0.15, -0.1) is 0 Å². The summed E-state index contributed by atoms with van der Waals surface area (Å²) in [5, 5.41) is 3.12. The maximum absolute atomic E-state index is 12.8. The maximum Gasteiger partial charge on any atom is 0.318 e. The molecular formula is C21H27N3O2. The smallest absolute Gasteiger partial charge is 0.318 e. The molecule has 0 saturated carbocycles. The Kier molecular flexibility index (Phi) is 5.76. The lowest BCUT2D eigenvalue weighted by atomic mass is 9.86. The van der Waals surface area contributed by atoms with Crippen molar-refractivity contribution in [3.63, 3.8) is 0 Å². The van der Waals surface area contributed by atoms with E-state index in [2.05, 4.69) is 29.4 Å². The molecule has 1 aromatic carbocycles. The number of amides is 2. The van der Waals surface area contributed by atoms with Crippen molar-refractivity contribution in [2.75, 3.05) is 13.7 Å². The Morgan fingerprint density at radius 3 is 2.77 bits per heavy atom. The van der Waals surface area contributed by atoms with Gasteiger partial charge in [-0.2, -0.15) is 0 Å². The third kappa shape index (κ3) is 4.15. The van der Waals surface area contributed by atoms with Crippen molar-refractivity contribution in [3.8, 4) is 5.75 Å². The van der Waals surface area contributed by atoms with Gasteiger partial charge in [0.05, 0.1) is 13.2 Å². The van der Waals surface area contributed by atoms with Crippen LogP contribution in [0.1, 0.15) is 49.8 Å². The number of nitrogens with zero attached hydrogens (tertiary/aromatic N) is 2. The van der Waals surface area contributed by atoms with Crippen LogP contribution >= 0.6 is 0 Å². The van der Waals surface area contributed by atoms with Gasteiger partial charge in [0.15, 0.2) is 0 Å². The molecule has 5 heteroatoms. The summed E-state index contributed by atoms with van der Waals surface area (Å²) in [5.74, 6) is 1.29. The minimum absolute atomic E-state index is 0.000924. The fourth-order valence-electron chi connectivity index (χ4n) is 3.67. The van der Waals surface area contributed by atoms with Gasteiger partial charge in [-0.05, 0) is 68.0 Å². The minimum Gasteiger partial charge on any atom is -0.497 e. The summed E-state index contributed by atoms with van der Waals surface area (Å²) in [4.78, 5) is 18.8. The number of urea groups is 1. The summed E-state index contributed by atoms with van der Waals surface area (Å²) in [5.41, 5.74) is 2.36. The van der Waals surface area contributed by atoms with E-state index in [1.807, 2.05) is 48.5 Å². The second-order valence-electron chi connectivity index (χ2n) is 6.99. The molecule has 1 fully saturated rings. The van der Waals surface area contributed by atoms with Crippen molar-refractivity contribution in [1.29, 1.82) is 0 Å². The summed E-state index contributed by atoms with van der Waals surface area (Å²) in [6, 6.07) is 12.1. The second kappa shape index (κ2) is 8.21. The quantitative estimate of drug-likeness (QED) is 0.899. The van der Waals surface area contributed by atoms with Crippen molar-refractivity contribution in [3.05, 3.63) is 59.9 Å². The van der Waals surface area contributed by atoms with Crippen LogP contribution in [-0.2, 0) is 0 Å². The van der Waals surface area contributed by atoms with Crippen LogP contribution in [-0.4, -0.2) is 35.6 Å². The Hall–Kier alpha value is -2.56. The van der Waals surface area contributed by atoms with Gasteiger partial charge in [0, 0.05) is 25.0 Å². The third-order valence-electron chi connectivity index (χ3n) is 5.25. The summed E-state index contributed by atoms with van der Waals surface area (Å²) >= 11 is 0.